The molecule has 0 aromatic rings. The Morgan fingerprint density at radius 2 is 1.68 bits per heavy atom. The van der Waals surface area contributed by atoms with Crippen LogP contribution >= 0.6 is 0 Å². The summed E-state index contributed by atoms with van der Waals surface area (Å²) in [5.74, 6) is -1.55. The van der Waals surface area contributed by atoms with E-state index in [-0.39, 0.29) is 19.1 Å². The number of rotatable bonds is 5. The molecule has 3 amide bonds. The van der Waals surface area contributed by atoms with Crippen molar-refractivity contribution in [3.63, 3.8) is 0 Å². The molecule has 0 atom stereocenters. The summed E-state index contributed by atoms with van der Waals surface area (Å²) >= 11 is 0. The van der Waals surface area contributed by atoms with Crippen LogP contribution in [-0.4, -0.2) is 52.6 Å². The van der Waals surface area contributed by atoms with Gasteiger partial charge in [-0.15, -0.1) is 0 Å². The van der Waals surface area contributed by atoms with E-state index in [1.165, 1.54) is 4.90 Å². The number of carboxylic acids is 1. The summed E-state index contributed by atoms with van der Waals surface area (Å²) < 4.78 is 0. The smallest absolute Gasteiger partial charge is 0.321 e. The van der Waals surface area contributed by atoms with Crippen LogP contribution in [0.1, 0.15) is 34.6 Å². The first-order valence-electron chi connectivity index (χ1n) is 6.09. The van der Waals surface area contributed by atoms with Crippen LogP contribution in [0.2, 0.25) is 0 Å². The van der Waals surface area contributed by atoms with Crippen molar-refractivity contribution in [1.82, 2.24) is 15.5 Å². The molecule has 0 saturated carbocycles. The Hall–Kier alpha value is -1.63. The molecule has 0 aliphatic rings. The van der Waals surface area contributed by atoms with Crippen LogP contribution in [0.15, 0.2) is 0 Å². The van der Waals surface area contributed by atoms with Crippen LogP contribution in [0.3, 0.4) is 0 Å². The van der Waals surface area contributed by atoms with Gasteiger partial charge in [-0.2, -0.15) is 0 Å². The highest BCUT2D eigenvalue weighted by molar-refractivity contribution is 5.95. The van der Waals surface area contributed by atoms with Gasteiger partial charge in [0.05, 0.1) is 13.1 Å². The molecule has 19 heavy (non-hydrogen) atoms. The van der Waals surface area contributed by atoms with E-state index in [1.807, 2.05) is 0 Å². The van der Waals surface area contributed by atoms with Crippen LogP contribution < -0.4 is 10.6 Å². The Bertz CT molecular complexity index is 347. The molecule has 0 aromatic carbocycles. The molecule has 110 valence electrons. The third kappa shape index (κ3) is 8.15. The van der Waals surface area contributed by atoms with Crippen molar-refractivity contribution in [2.24, 2.45) is 0 Å². The van der Waals surface area contributed by atoms with Crippen LogP contribution in [0.25, 0.3) is 0 Å². The topological polar surface area (TPSA) is 98.7 Å². The molecule has 0 saturated heterocycles. The summed E-state index contributed by atoms with van der Waals surface area (Å²) in [5.41, 5.74) is -0.482. The number of carbonyl (C=O) groups excluding carboxylic acids is 2. The van der Waals surface area contributed by atoms with E-state index in [9.17, 15) is 14.4 Å². The highest BCUT2D eigenvalue weighted by Crippen LogP contribution is 2.11. The lowest BCUT2D eigenvalue weighted by Gasteiger charge is -2.33. The third-order valence-electron chi connectivity index (χ3n) is 2.28. The SMILES string of the molecule is CC(C)NC(=O)NC(=O)CN(CC(=O)O)C(C)(C)C. The lowest BCUT2D eigenvalue weighted by molar-refractivity contribution is -0.140. The standard InChI is InChI=1S/C12H23N3O4/c1-8(2)13-11(19)14-9(16)6-15(7-10(17)18)12(3,4)5/h8H,6-7H2,1-5H3,(H,17,18)(H2,13,14,16,19). The first kappa shape index (κ1) is 17.4. The van der Waals surface area contributed by atoms with Crippen LogP contribution in [0.4, 0.5) is 4.79 Å². The number of amides is 3. The molecule has 0 aliphatic heterocycles. The van der Waals surface area contributed by atoms with Gasteiger partial charge >= 0.3 is 12.0 Å². The van der Waals surface area contributed by atoms with E-state index in [0.717, 1.165) is 0 Å². The van der Waals surface area contributed by atoms with Crippen LogP contribution in [0.5, 0.6) is 0 Å². The largest absolute Gasteiger partial charge is 0.480 e. The second kappa shape index (κ2) is 7.08. The van der Waals surface area contributed by atoms with Crippen LogP contribution in [0, 0.1) is 0 Å². The Balaban J connectivity index is 4.48. The average molecular weight is 273 g/mol. The van der Waals surface area contributed by atoms with Crippen molar-refractivity contribution in [3.05, 3.63) is 0 Å². The lowest BCUT2D eigenvalue weighted by Crippen LogP contribution is -2.51. The number of urea groups is 1. The number of aliphatic carboxylic acids is 1. The maximum atomic E-state index is 11.7. The zero-order valence-corrected chi connectivity index (χ0v) is 12.1. The average Bonchev–Trinajstić information content (AvgIpc) is 2.11. The summed E-state index contributed by atoms with van der Waals surface area (Å²) in [6.07, 6.45) is 0. The minimum atomic E-state index is -1.02. The molecule has 0 heterocycles. The number of nitrogens with one attached hydrogen (secondary N) is 2. The van der Waals surface area contributed by atoms with Gasteiger partial charge in [0.1, 0.15) is 0 Å². The molecule has 0 unspecified atom stereocenters. The monoisotopic (exact) mass is 273 g/mol. The normalized spacial score (nSPS) is 11.5. The van der Waals surface area contributed by atoms with E-state index >= 15 is 0 Å². The van der Waals surface area contributed by atoms with Gasteiger partial charge < -0.3 is 10.4 Å². The van der Waals surface area contributed by atoms with E-state index in [4.69, 9.17) is 5.11 Å². The van der Waals surface area contributed by atoms with Gasteiger partial charge in [-0.05, 0) is 34.6 Å². The van der Waals surface area contributed by atoms with Crippen molar-refractivity contribution >= 4 is 17.9 Å². The fourth-order valence-corrected chi connectivity index (χ4v) is 1.33. The first-order valence-corrected chi connectivity index (χ1v) is 6.09. The predicted molar refractivity (Wildman–Crippen MR) is 70.8 cm³/mol. The number of hydrogen-bond acceptors (Lipinski definition) is 4. The molecule has 7 nitrogen and oxygen atoms in total. The van der Waals surface area contributed by atoms with Crippen molar-refractivity contribution in [2.45, 2.75) is 46.2 Å². The van der Waals surface area contributed by atoms with Gasteiger partial charge in [-0.25, -0.2) is 4.79 Å². The lowest BCUT2D eigenvalue weighted by atomic mass is 10.1. The second-order valence-electron chi connectivity index (χ2n) is 5.60. The molecule has 0 radical (unpaired) electrons. The fourth-order valence-electron chi connectivity index (χ4n) is 1.33. The molecular formula is C12H23N3O4. The summed E-state index contributed by atoms with van der Waals surface area (Å²) in [4.78, 5) is 35.2. The van der Waals surface area contributed by atoms with Gasteiger partial charge in [0.15, 0.2) is 0 Å². The van der Waals surface area contributed by atoms with Crippen molar-refractivity contribution in [2.75, 3.05) is 13.1 Å². The summed E-state index contributed by atoms with van der Waals surface area (Å²) in [5, 5.41) is 13.5. The number of imide groups is 1. The maximum absolute atomic E-state index is 11.7. The predicted octanol–water partition coefficient (Wildman–Crippen LogP) is 0.406. The zero-order chi connectivity index (χ0) is 15.2. The Kier molecular flexibility index (Phi) is 6.47. The molecule has 7 heteroatoms. The third-order valence-corrected chi connectivity index (χ3v) is 2.28. The van der Waals surface area contributed by atoms with Crippen molar-refractivity contribution < 1.29 is 19.5 Å². The highest BCUT2D eigenvalue weighted by atomic mass is 16.4. The fraction of sp³-hybridized carbons (Fsp3) is 0.750. The van der Waals surface area contributed by atoms with Gasteiger partial charge in [-0.1, -0.05) is 0 Å². The number of carbonyl (C=O) groups is 3. The number of nitrogens with zero attached hydrogens (tertiary/aromatic N) is 1. The maximum Gasteiger partial charge on any atom is 0.321 e. The quantitative estimate of drug-likeness (QED) is 0.673. The van der Waals surface area contributed by atoms with E-state index in [0.29, 0.717) is 0 Å². The Morgan fingerprint density at radius 3 is 2.05 bits per heavy atom. The Morgan fingerprint density at radius 1 is 1.16 bits per heavy atom. The van der Waals surface area contributed by atoms with Crippen molar-refractivity contribution in [3.8, 4) is 0 Å². The van der Waals surface area contributed by atoms with Crippen molar-refractivity contribution in [1.29, 1.82) is 0 Å². The van der Waals surface area contributed by atoms with Gasteiger partial charge in [-0.3, -0.25) is 19.8 Å². The zero-order valence-electron chi connectivity index (χ0n) is 12.1. The van der Waals surface area contributed by atoms with E-state index < -0.39 is 23.4 Å². The molecule has 3 N–H and O–H groups in total. The second-order valence-corrected chi connectivity index (χ2v) is 5.60. The summed E-state index contributed by atoms with van der Waals surface area (Å²) in [6.45, 7) is 8.54. The minimum Gasteiger partial charge on any atom is -0.480 e. The molecular weight excluding hydrogens is 250 g/mol. The molecule has 0 spiro atoms. The Labute approximate surface area is 113 Å². The van der Waals surface area contributed by atoms with Gasteiger partial charge in [0, 0.05) is 11.6 Å². The van der Waals surface area contributed by atoms with E-state index in [1.54, 1.807) is 34.6 Å². The summed E-state index contributed by atoms with van der Waals surface area (Å²) in [7, 11) is 0. The molecule has 0 bridgehead atoms. The van der Waals surface area contributed by atoms with Gasteiger partial charge in [0.2, 0.25) is 5.91 Å². The minimum absolute atomic E-state index is 0.0782. The number of hydrogen-bond donors (Lipinski definition) is 3. The summed E-state index contributed by atoms with van der Waals surface area (Å²) in [6, 6.07) is -0.658. The van der Waals surface area contributed by atoms with E-state index in [2.05, 4.69) is 10.6 Å². The highest BCUT2D eigenvalue weighted by Gasteiger charge is 2.26. The first-order chi connectivity index (χ1) is 8.52. The number of carboxylic acid groups (broad SMARTS) is 1. The molecule has 0 aromatic heterocycles. The molecule has 0 rings (SSSR count). The van der Waals surface area contributed by atoms with Gasteiger partial charge in [0.25, 0.3) is 0 Å². The van der Waals surface area contributed by atoms with Crippen LogP contribution in [-0.2, 0) is 9.59 Å². The molecule has 0 aliphatic carbocycles. The molecule has 0 fully saturated rings.